The van der Waals surface area contributed by atoms with Crippen LogP contribution < -0.4 is 5.73 Å². The summed E-state index contributed by atoms with van der Waals surface area (Å²) < 4.78 is 5.00. The van der Waals surface area contributed by atoms with Crippen molar-refractivity contribution in [3.05, 3.63) is 35.9 Å². The Morgan fingerprint density at radius 3 is 2.76 bits per heavy atom. The monoisotopic (exact) mass is 312 g/mol. The van der Waals surface area contributed by atoms with Crippen LogP contribution in [0.1, 0.15) is 24.8 Å². The summed E-state index contributed by atoms with van der Waals surface area (Å²) >= 11 is 0. The maximum atomic E-state index is 12.4. The van der Waals surface area contributed by atoms with Crippen molar-refractivity contribution in [1.29, 1.82) is 0 Å². The van der Waals surface area contributed by atoms with Crippen LogP contribution in [0, 0.1) is 0 Å². The Kier molecular flexibility index (Phi) is 7.72. The van der Waals surface area contributed by atoms with E-state index in [1.165, 1.54) is 12.0 Å². The summed E-state index contributed by atoms with van der Waals surface area (Å²) in [6, 6.07) is 10.1. The van der Waals surface area contributed by atoms with Crippen LogP contribution in [0.25, 0.3) is 0 Å². The maximum Gasteiger partial charge on any atom is 0.242 e. The molecule has 0 spiro atoms. The molecule has 1 fully saturated rings. The first-order valence-electron chi connectivity index (χ1n) is 7.31. The fourth-order valence-electron chi connectivity index (χ4n) is 2.85. The lowest BCUT2D eigenvalue weighted by molar-refractivity contribution is -0.137. The van der Waals surface area contributed by atoms with Crippen molar-refractivity contribution in [2.24, 2.45) is 5.73 Å². The third-order valence-electron chi connectivity index (χ3n) is 3.89. The zero-order valence-electron chi connectivity index (χ0n) is 12.5. The fourth-order valence-corrected chi connectivity index (χ4v) is 2.85. The number of halogens is 1. The lowest BCUT2D eigenvalue weighted by atomic mass is 9.95. The number of carbonyl (C=O) groups is 1. The molecule has 1 aliphatic rings. The van der Waals surface area contributed by atoms with Crippen LogP contribution in [0.3, 0.4) is 0 Å². The lowest BCUT2D eigenvalue weighted by Gasteiger charge is -2.37. The van der Waals surface area contributed by atoms with Crippen molar-refractivity contribution in [3.63, 3.8) is 0 Å². The number of carbonyl (C=O) groups excluding carboxylic acids is 1. The minimum Gasteiger partial charge on any atom is -0.383 e. The van der Waals surface area contributed by atoms with Crippen LogP contribution >= 0.6 is 12.4 Å². The van der Waals surface area contributed by atoms with Crippen LogP contribution in [-0.4, -0.2) is 43.2 Å². The van der Waals surface area contributed by atoms with E-state index in [1.54, 1.807) is 7.11 Å². The van der Waals surface area contributed by atoms with Gasteiger partial charge in [0, 0.05) is 19.7 Å². The average molecular weight is 313 g/mol. The van der Waals surface area contributed by atoms with Gasteiger partial charge in [0.25, 0.3) is 0 Å². The van der Waals surface area contributed by atoms with Gasteiger partial charge >= 0.3 is 0 Å². The minimum absolute atomic E-state index is 0. The Morgan fingerprint density at radius 1 is 1.38 bits per heavy atom. The van der Waals surface area contributed by atoms with Crippen molar-refractivity contribution in [1.82, 2.24) is 4.90 Å². The van der Waals surface area contributed by atoms with E-state index in [9.17, 15) is 4.79 Å². The van der Waals surface area contributed by atoms with E-state index in [0.717, 1.165) is 25.8 Å². The molecule has 118 valence electrons. The molecule has 0 aromatic heterocycles. The summed E-state index contributed by atoms with van der Waals surface area (Å²) in [5.74, 6) is 0.0208. The van der Waals surface area contributed by atoms with Crippen LogP contribution in [0.5, 0.6) is 0 Å². The van der Waals surface area contributed by atoms with Crippen molar-refractivity contribution < 1.29 is 9.53 Å². The third kappa shape index (κ3) is 4.99. The maximum absolute atomic E-state index is 12.4. The number of amides is 1. The molecule has 1 amide bonds. The summed E-state index contributed by atoms with van der Waals surface area (Å²) in [6.07, 6.45) is 4.21. The van der Waals surface area contributed by atoms with E-state index < -0.39 is 6.04 Å². The molecular weight excluding hydrogens is 288 g/mol. The summed E-state index contributed by atoms with van der Waals surface area (Å²) in [4.78, 5) is 14.4. The topological polar surface area (TPSA) is 55.6 Å². The quantitative estimate of drug-likeness (QED) is 0.905. The largest absolute Gasteiger partial charge is 0.383 e. The highest BCUT2D eigenvalue weighted by atomic mass is 35.5. The van der Waals surface area contributed by atoms with Gasteiger partial charge in [-0.2, -0.15) is 0 Å². The number of ether oxygens (including phenoxy) is 1. The second-order valence-electron chi connectivity index (χ2n) is 5.43. The molecule has 0 aliphatic carbocycles. The third-order valence-corrected chi connectivity index (χ3v) is 3.89. The highest BCUT2D eigenvalue weighted by Crippen LogP contribution is 2.21. The van der Waals surface area contributed by atoms with E-state index in [2.05, 4.69) is 12.1 Å². The Labute approximate surface area is 133 Å². The van der Waals surface area contributed by atoms with Crippen LogP contribution in [0.4, 0.5) is 0 Å². The van der Waals surface area contributed by atoms with Gasteiger partial charge in [0.1, 0.15) is 6.04 Å². The number of rotatable bonds is 5. The van der Waals surface area contributed by atoms with Gasteiger partial charge in [-0.05, 0) is 31.2 Å². The molecule has 0 saturated carbocycles. The van der Waals surface area contributed by atoms with Gasteiger partial charge in [-0.15, -0.1) is 12.4 Å². The molecule has 0 radical (unpaired) electrons. The normalized spacial score (nSPS) is 19.7. The molecule has 1 aromatic carbocycles. The number of benzene rings is 1. The number of nitrogens with two attached hydrogens (primary N) is 1. The van der Waals surface area contributed by atoms with Gasteiger partial charge in [-0.25, -0.2) is 0 Å². The highest BCUT2D eigenvalue weighted by Gasteiger charge is 2.29. The second kappa shape index (κ2) is 9.03. The summed E-state index contributed by atoms with van der Waals surface area (Å²) in [5, 5.41) is 0. The minimum atomic E-state index is -0.545. The van der Waals surface area contributed by atoms with Crippen molar-refractivity contribution in [2.75, 3.05) is 20.3 Å². The fraction of sp³-hybridized carbons (Fsp3) is 0.562. The van der Waals surface area contributed by atoms with Gasteiger partial charge in [-0.1, -0.05) is 30.3 Å². The Hall–Kier alpha value is -1.10. The van der Waals surface area contributed by atoms with Crippen LogP contribution in [-0.2, 0) is 16.0 Å². The van der Waals surface area contributed by atoms with Gasteiger partial charge in [0.05, 0.1) is 6.61 Å². The molecule has 4 nitrogen and oxygen atoms in total. The van der Waals surface area contributed by atoms with Crippen LogP contribution in [0.15, 0.2) is 30.3 Å². The van der Waals surface area contributed by atoms with Gasteiger partial charge < -0.3 is 15.4 Å². The van der Waals surface area contributed by atoms with Crippen molar-refractivity contribution in [2.45, 2.75) is 37.8 Å². The summed E-state index contributed by atoms with van der Waals surface area (Å²) in [5.41, 5.74) is 7.17. The number of hydrogen-bond acceptors (Lipinski definition) is 3. The number of hydrogen-bond donors (Lipinski definition) is 1. The molecule has 2 rings (SSSR count). The molecule has 1 aromatic rings. The summed E-state index contributed by atoms with van der Waals surface area (Å²) in [7, 11) is 1.57. The zero-order valence-corrected chi connectivity index (χ0v) is 13.3. The molecule has 0 bridgehead atoms. The van der Waals surface area contributed by atoms with E-state index >= 15 is 0 Å². The molecule has 5 heteroatoms. The van der Waals surface area contributed by atoms with Crippen LogP contribution in [0.2, 0.25) is 0 Å². The first kappa shape index (κ1) is 18.0. The lowest BCUT2D eigenvalue weighted by Crippen LogP contribution is -2.52. The molecular formula is C16H25ClN2O2. The number of piperidine rings is 1. The second-order valence-corrected chi connectivity index (χ2v) is 5.43. The summed E-state index contributed by atoms with van der Waals surface area (Å²) in [6.45, 7) is 1.10. The Balaban J connectivity index is 0.00000220. The number of nitrogens with zero attached hydrogens (tertiary/aromatic N) is 1. The molecule has 2 atom stereocenters. The van der Waals surface area contributed by atoms with E-state index in [-0.39, 0.29) is 31.0 Å². The molecule has 1 heterocycles. The predicted octanol–water partition coefficient (Wildman–Crippen LogP) is 2.01. The first-order valence-corrected chi connectivity index (χ1v) is 7.31. The predicted molar refractivity (Wildman–Crippen MR) is 86.6 cm³/mol. The van der Waals surface area contributed by atoms with Gasteiger partial charge in [0.2, 0.25) is 5.91 Å². The molecule has 1 aliphatic heterocycles. The van der Waals surface area contributed by atoms with Crippen molar-refractivity contribution in [3.8, 4) is 0 Å². The number of likely N-dealkylation sites (tertiary alicyclic amines) is 1. The highest BCUT2D eigenvalue weighted by molar-refractivity contribution is 5.85. The Morgan fingerprint density at radius 2 is 2.10 bits per heavy atom. The first-order chi connectivity index (χ1) is 9.72. The van der Waals surface area contributed by atoms with Gasteiger partial charge in [0.15, 0.2) is 0 Å². The smallest absolute Gasteiger partial charge is 0.242 e. The molecule has 21 heavy (non-hydrogen) atoms. The van der Waals surface area contributed by atoms with Crippen molar-refractivity contribution >= 4 is 18.3 Å². The molecule has 1 saturated heterocycles. The van der Waals surface area contributed by atoms with Gasteiger partial charge in [-0.3, -0.25) is 4.79 Å². The average Bonchev–Trinajstić information content (AvgIpc) is 2.48. The van der Waals surface area contributed by atoms with E-state index in [4.69, 9.17) is 10.5 Å². The van der Waals surface area contributed by atoms with E-state index in [0.29, 0.717) is 0 Å². The molecule has 2 unspecified atom stereocenters. The van der Waals surface area contributed by atoms with E-state index in [1.807, 2.05) is 23.1 Å². The SMILES string of the molecule is COCC(N)C(=O)N1CCCCC1Cc1ccccc1.Cl. The Bertz CT molecular complexity index is 428. The molecule has 2 N–H and O–H groups in total. The standard InChI is InChI=1S/C16H24N2O2.ClH/c1-20-12-15(17)16(19)18-10-6-5-9-14(18)11-13-7-3-2-4-8-13;/h2-4,7-8,14-15H,5-6,9-12,17H2,1H3;1H. The number of methoxy groups -OCH3 is 1. The zero-order chi connectivity index (χ0) is 14.4.